The molecule has 3 rings (SSSR count). The van der Waals surface area contributed by atoms with Crippen LogP contribution in [0.5, 0.6) is 0 Å². The van der Waals surface area contributed by atoms with Crippen molar-refractivity contribution >= 4 is 17.6 Å². The van der Waals surface area contributed by atoms with E-state index in [1.165, 1.54) is 11.3 Å². The van der Waals surface area contributed by atoms with E-state index in [-0.39, 0.29) is 18.2 Å². The molecule has 2 aliphatic heterocycles. The van der Waals surface area contributed by atoms with E-state index in [0.29, 0.717) is 0 Å². The first kappa shape index (κ1) is 16.9. The van der Waals surface area contributed by atoms with Crippen LogP contribution in [0.15, 0.2) is 12.3 Å². The summed E-state index contributed by atoms with van der Waals surface area (Å²) in [7, 11) is 0. The minimum absolute atomic E-state index is 0.0989. The fourth-order valence-electron chi connectivity index (χ4n) is 3.68. The van der Waals surface area contributed by atoms with Crippen LogP contribution in [0.25, 0.3) is 0 Å². The summed E-state index contributed by atoms with van der Waals surface area (Å²) in [6.45, 7) is 12.5. The van der Waals surface area contributed by atoms with Gasteiger partial charge < -0.3 is 15.0 Å². The molecule has 1 aromatic rings. The van der Waals surface area contributed by atoms with Crippen molar-refractivity contribution in [2.24, 2.45) is 0 Å². The van der Waals surface area contributed by atoms with E-state index < -0.39 is 5.60 Å². The number of pyridine rings is 1. The fourth-order valence-corrected chi connectivity index (χ4v) is 3.68. The second-order valence-corrected chi connectivity index (χ2v) is 7.82. The van der Waals surface area contributed by atoms with Crippen molar-refractivity contribution in [2.75, 3.05) is 29.9 Å². The Labute approximate surface area is 144 Å². The number of carbonyl (C=O) groups excluding carboxylic acids is 1. The van der Waals surface area contributed by atoms with Crippen LogP contribution < -0.4 is 10.2 Å². The van der Waals surface area contributed by atoms with E-state index in [0.717, 1.165) is 31.9 Å². The summed E-state index contributed by atoms with van der Waals surface area (Å²) in [4.78, 5) is 21.2. The van der Waals surface area contributed by atoms with E-state index >= 15 is 0 Å². The largest absolute Gasteiger partial charge is 0.444 e. The molecule has 0 aliphatic carbocycles. The van der Waals surface area contributed by atoms with Crippen LogP contribution in [0.2, 0.25) is 0 Å². The van der Waals surface area contributed by atoms with E-state index in [1.807, 2.05) is 31.9 Å². The molecule has 24 heavy (non-hydrogen) atoms. The number of hydrogen-bond acceptors (Lipinski definition) is 5. The van der Waals surface area contributed by atoms with E-state index in [2.05, 4.69) is 35.1 Å². The van der Waals surface area contributed by atoms with Crippen LogP contribution in [-0.4, -0.2) is 53.3 Å². The normalized spacial score (nSPS) is 23.7. The lowest BCUT2D eigenvalue weighted by molar-refractivity contribution is 0.00566. The highest BCUT2D eigenvalue weighted by atomic mass is 16.6. The molecule has 2 unspecified atom stereocenters. The lowest BCUT2D eigenvalue weighted by atomic mass is 10.1. The van der Waals surface area contributed by atoms with Crippen LogP contribution in [0.1, 0.15) is 40.2 Å². The maximum Gasteiger partial charge on any atom is 0.410 e. The third kappa shape index (κ3) is 3.28. The Morgan fingerprint density at radius 1 is 1.29 bits per heavy atom. The molecule has 1 saturated heterocycles. The molecule has 0 bridgehead atoms. The molecule has 2 aliphatic rings. The molecule has 132 valence electrons. The van der Waals surface area contributed by atoms with Gasteiger partial charge in [0.1, 0.15) is 11.4 Å². The molecule has 1 amide bonds. The van der Waals surface area contributed by atoms with Crippen molar-refractivity contribution < 1.29 is 9.53 Å². The second-order valence-electron chi connectivity index (χ2n) is 7.82. The van der Waals surface area contributed by atoms with Gasteiger partial charge in [-0.15, -0.1) is 0 Å². The average molecular weight is 332 g/mol. The molecule has 0 saturated carbocycles. The van der Waals surface area contributed by atoms with Gasteiger partial charge in [-0.25, -0.2) is 9.78 Å². The zero-order valence-corrected chi connectivity index (χ0v) is 15.3. The van der Waals surface area contributed by atoms with Gasteiger partial charge in [0.15, 0.2) is 0 Å². The SMILES string of the molecule is CC1CN(c2ccnc3c2CCN3)CC(C)N1C(=O)OC(C)(C)C. The highest BCUT2D eigenvalue weighted by Crippen LogP contribution is 2.32. The van der Waals surface area contributed by atoms with E-state index in [9.17, 15) is 4.79 Å². The molecule has 1 fully saturated rings. The summed E-state index contributed by atoms with van der Waals surface area (Å²) < 4.78 is 5.58. The molecule has 1 N–H and O–H groups in total. The smallest absolute Gasteiger partial charge is 0.410 e. The van der Waals surface area contributed by atoms with Crippen LogP contribution in [0.4, 0.5) is 16.3 Å². The van der Waals surface area contributed by atoms with Crippen LogP contribution in [0, 0.1) is 0 Å². The molecule has 0 radical (unpaired) electrons. The third-order valence-corrected chi connectivity index (χ3v) is 4.56. The van der Waals surface area contributed by atoms with Crippen LogP contribution >= 0.6 is 0 Å². The number of nitrogens with zero attached hydrogens (tertiary/aromatic N) is 3. The topological polar surface area (TPSA) is 57.7 Å². The molecule has 0 spiro atoms. The summed E-state index contributed by atoms with van der Waals surface area (Å²) in [5.41, 5.74) is 2.07. The average Bonchev–Trinajstić information content (AvgIpc) is 2.92. The third-order valence-electron chi connectivity index (χ3n) is 4.56. The lowest BCUT2D eigenvalue weighted by Gasteiger charge is -2.45. The van der Waals surface area contributed by atoms with Crippen molar-refractivity contribution in [3.8, 4) is 0 Å². The Morgan fingerprint density at radius 2 is 1.96 bits per heavy atom. The van der Waals surface area contributed by atoms with Gasteiger partial charge in [-0.3, -0.25) is 4.90 Å². The number of anilines is 2. The molecular formula is C18H28N4O2. The highest BCUT2D eigenvalue weighted by Gasteiger charge is 2.36. The van der Waals surface area contributed by atoms with Gasteiger partial charge in [0.2, 0.25) is 0 Å². The van der Waals surface area contributed by atoms with E-state index in [4.69, 9.17) is 4.74 Å². The summed E-state index contributed by atoms with van der Waals surface area (Å²) in [5.74, 6) is 1.00. The van der Waals surface area contributed by atoms with Crippen molar-refractivity contribution in [1.29, 1.82) is 0 Å². The van der Waals surface area contributed by atoms with Gasteiger partial charge in [0, 0.05) is 37.1 Å². The number of amides is 1. The molecule has 3 heterocycles. The van der Waals surface area contributed by atoms with Crippen molar-refractivity contribution in [2.45, 2.75) is 58.7 Å². The maximum absolute atomic E-state index is 12.5. The van der Waals surface area contributed by atoms with Crippen molar-refractivity contribution in [3.63, 3.8) is 0 Å². The first-order chi connectivity index (χ1) is 11.3. The van der Waals surface area contributed by atoms with Gasteiger partial charge in [0.05, 0.1) is 12.1 Å². The standard InChI is InChI=1S/C18H28N4O2/c1-12-10-21(15-7-9-20-16-14(15)6-8-19-16)11-13(2)22(12)17(23)24-18(3,4)5/h7,9,12-13H,6,8,10-11H2,1-5H3,(H,19,20). The quantitative estimate of drug-likeness (QED) is 0.857. The molecule has 2 atom stereocenters. The number of hydrogen-bond donors (Lipinski definition) is 1. The van der Waals surface area contributed by atoms with Gasteiger partial charge >= 0.3 is 6.09 Å². The Morgan fingerprint density at radius 3 is 2.58 bits per heavy atom. The van der Waals surface area contributed by atoms with Gasteiger partial charge in [-0.1, -0.05) is 0 Å². The van der Waals surface area contributed by atoms with Crippen LogP contribution in [0.3, 0.4) is 0 Å². The number of ether oxygens (including phenoxy) is 1. The van der Waals surface area contributed by atoms with Crippen molar-refractivity contribution in [1.82, 2.24) is 9.88 Å². The summed E-state index contributed by atoms with van der Waals surface area (Å²) in [5, 5.41) is 3.33. The molecule has 0 aromatic carbocycles. The minimum Gasteiger partial charge on any atom is -0.444 e. The maximum atomic E-state index is 12.5. The summed E-state index contributed by atoms with van der Waals surface area (Å²) >= 11 is 0. The predicted octanol–water partition coefficient (Wildman–Crippen LogP) is 2.88. The predicted molar refractivity (Wildman–Crippen MR) is 95.6 cm³/mol. The zero-order chi connectivity index (χ0) is 17.5. The first-order valence-electron chi connectivity index (χ1n) is 8.74. The number of rotatable bonds is 1. The molecular weight excluding hydrogens is 304 g/mol. The van der Waals surface area contributed by atoms with Gasteiger partial charge in [0.25, 0.3) is 0 Å². The van der Waals surface area contributed by atoms with Gasteiger partial charge in [-0.05, 0) is 47.1 Å². The number of aromatic nitrogens is 1. The lowest BCUT2D eigenvalue weighted by Crippen LogP contribution is -2.59. The Bertz CT molecular complexity index is 614. The monoisotopic (exact) mass is 332 g/mol. The number of piperazine rings is 1. The number of fused-ring (bicyclic) bond motifs is 1. The first-order valence-corrected chi connectivity index (χ1v) is 8.74. The second kappa shape index (κ2) is 6.15. The Hall–Kier alpha value is -1.98. The summed E-state index contributed by atoms with van der Waals surface area (Å²) in [6.07, 6.45) is 2.65. The highest BCUT2D eigenvalue weighted by molar-refractivity contribution is 5.71. The minimum atomic E-state index is -0.467. The molecule has 6 nitrogen and oxygen atoms in total. The Balaban J connectivity index is 1.77. The zero-order valence-electron chi connectivity index (χ0n) is 15.3. The van der Waals surface area contributed by atoms with Crippen LogP contribution in [-0.2, 0) is 11.2 Å². The van der Waals surface area contributed by atoms with Crippen molar-refractivity contribution in [3.05, 3.63) is 17.8 Å². The van der Waals surface area contributed by atoms with E-state index in [1.54, 1.807) is 0 Å². The Kier molecular flexibility index (Phi) is 4.32. The molecule has 6 heteroatoms. The fraction of sp³-hybridized carbons (Fsp3) is 0.667. The number of nitrogens with one attached hydrogen (secondary N) is 1. The van der Waals surface area contributed by atoms with Gasteiger partial charge in [-0.2, -0.15) is 0 Å². The summed E-state index contributed by atoms with van der Waals surface area (Å²) in [6, 6.07) is 2.29. The number of carbonyl (C=O) groups is 1. The molecule has 1 aromatic heterocycles.